The number of rotatable bonds is 3. The largest absolute Gasteiger partial charge is 0.478 e. The molecule has 0 aliphatic rings. The molecule has 1 unspecified atom stereocenters. The molecule has 0 bridgehead atoms. The minimum Gasteiger partial charge on any atom is -0.478 e. The SMILES string of the molecule is Cc1nc(-c2ccc(C(=O)O)cc2)c(C(C)N)s1. The monoisotopic (exact) mass is 262 g/mol. The van der Waals surface area contributed by atoms with Crippen molar-refractivity contribution in [2.75, 3.05) is 0 Å². The molecule has 2 rings (SSSR count). The number of carboxylic acids is 1. The van der Waals surface area contributed by atoms with E-state index in [-0.39, 0.29) is 11.6 Å². The Kier molecular flexibility index (Phi) is 3.45. The summed E-state index contributed by atoms with van der Waals surface area (Å²) >= 11 is 1.58. The van der Waals surface area contributed by atoms with Crippen molar-refractivity contribution in [2.24, 2.45) is 5.73 Å². The molecule has 1 atom stereocenters. The maximum atomic E-state index is 10.8. The average molecular weight is 262 g/mol. The predicted molar refractivity (Wildman–Crippen MR) is 71.8 cm³/mol. The normalized spacial score (nSPS) is 12.4. The highest BCUT2D eigenvalue weighted by molar-refractivity contribution is 7.12. The molecule has 1 heterocycles. The van der Waals surface area contributed by atoms with Gasteiger partial charge in [0.05, 0.1) is 16.3 Å². The average Bonchev–Trinajstić information content (AvgIpc) is 2.71. The van der Waals surface area contributed by atoms with E-state index in [9.17, 15) is 4.79 Å². The zero-order valence-electron chi connectivity index (χ0n) is 10.2. The number of hydrogen-bond donors (Lipinski definition) is 2. The number of benzene rings is 1. The lowest BCUT2D eigenvalue weighted by Crippen LogP contribution is -2.04. The van der Waals surface area contributed by atoms with Gasteiger partial charge >= 0.3 is 5.97 Å². The van der Waals surface area contributed by atoms with Gasteiger partial charge in [-0.15, -0.1) is 11.3 Å². The van der Waals surface area contributed by atoms with Gasteiger partial charge in [-0.3, -0.25) is 0 Å². The maximum absolute atomic E-state index is 10.8. The number of carbonyl (C=O) groups is 1. The molecule has 0 fully saturated rings. The first kappa shape index (κ1) is 12.7. The summed E-state index contributed by atoms with van der Waals surface area (Å²) in [6, 6.07) is 6.62. The molecule has 0 saturated heterocycles. The highest BCUT2D eigenvalue weighted by Gasteiger charge is 2.14. The van der Waals surface area contributed by atoms with Gasteiger partial charge in [0.15, 0.2) is 0 Å². The quantitative estimate of drug-likeness (QED) is 0.891. The fourth-order valence-electron chi connectivity index (χ4n) is 1.73. The maximum Gasteiger partial charge on any atom is 0.335 e. The van der Waals surface area contributed by atoms with Gasteiger partial charge in [-0.2, -0.15) is 0 Å². The molecule has 18 heavy (non-hydrogen) atoms. The Morgan fingerprint density at radius 3 is 2.50 bits per heavy atom. The van der Waals surface area contributed by atoms with E-state index < -0.39 is 5.97 Å². The number of hydrogen-bond acceptors (Lipinski definition) is 4. The van der Waals surface area contributed by atoms with Gasteiger partial charge < -0.3 is 10.8 Å². The van der Waals surface area contributed by atoms with E-state index >= 15 is 0 Å². The van der Waals surface area contributed by atoms with Crippen LogP contribution < -0.4 is 5.73 Å². The number of nitrogens with two attached hydrogens (primary N) is 1. The van der Waals surface area contributed by atoms with Gasteiger partial charge in [-0.25, -0.2) is 9.78 Å². The van der Waals surface area contributed by atoms with Crippen LogP contribution >= 0.6 is 11.3 Å². The summed E-state index contributed by atoms with van der Waals surface area (Å²) in [4.78, 5) is 16.3. The van der Waals surface area contributed by atoms with Crippen LogP contribution in [0.25, 0.3) is 11.3 Å². The van der Waals surface area contributed by atoms with E-state index in [1.807, 2.05) is 13.8 Å². The summed E-state index contributed by atoms with van der Waals surface area (Å²) in [6.07, 6.45) is 0. The second kappa shape index (κ2) is 4.88. The molecule has 0 aliphatic heterocycles. The number of nitrogens with zero attached hydrogens (tertiary/aromatic N) is 1. The molecule has 3 N–H and O–H groups in total. The summed E-state index contributed by atoms with van der Waals surface area (Å²) in [6.45, 7) is 3.85. The molecule has 2 aromatic rings. The van der Waals surface area contributed by atoms with Crippen LogP contribution in [0.4, 0.5) is 0 Å². The molecule has 0 saturated carbocycles. The van der Waals surface area contributed by atoms with Crippen LogP contribution in [0.15, 0.2) is 24.3 Å². The van der Waals surface area contributed by atoms with Crippen molar-refractivity contribution < 1.29 is 9.90 Å². The Morgan fingerprint density at radius 2 is 2.00 bits per heavy atom. The number of carboxylic acid groups (broad SMARTS) is 1. The highest BCUT2D eigenvalue weighted by atomic mass is 32.1. The molecule has 5 heteroatoms. The van der Waals surface area contributed by atoms with Gasteiger partial charge in [-0.1, -0.05) is 12.1 Å². The van der Waals surface area contributed by atoms with Crippen molar-refractivity contribution in [1.82, 2.24) is 4.98 Å². The molecule has 0 aliphatic carbocycles. The van der Waals surface area contributed by atoms with E-state index in [2.05, 4.69) is 4.98 Å². The Bertz CT molecular complexity index is 573. The van der Waals surface area contributed by atoms with Crippen molar-refractivity contribution in [3.63, 3.8) is 0 Å². The lowest BCUT2D eigenvalue weighted by molar-refractivity contribution is 0.0697. The predicted octanol–water partition coefficient (Wildman–Crippen LogP) is 2.84. The van der Waals surface area contributed by atoms with E-state index in [0.29, 0.717) is 0 Å². The number of aryl methyl sites for hydroxylation is 1. The highest BCUT2D eigenvalue weighted by Crippen LogP contribution is 2.31. The van der Waals surface area contributed by atoms with Crippen LogP contribution in [0, 0.1) is 6.92 Å². The standard InChI is InChI=1S/C13H14N2O2S/c1-7(14)12-11(15-8(2)18-12)9-3-5-10(6-4-9)13(16)17/h3-7H,14H2,1-2H3,(H,16,17). The van der Waals surface area contributed by atoms with Gasteiger partial charge in [0, 0.05) is 16.5 Å². The third kappa shape index (κ3) is 2.42. The minimum absolute atomic E-state index is 0.0784. The summed E-state index contributed by atoms with van der Waals surface area (Å²) in [5.41, 5.74) is 7.94. The molecular weight excluding hydrogens is 248 g/mol. The Morgan fingerprint density at radius 1 is 1.39 bits per heavy atom. The zero-order chi connectivity index (χ0) is 13.3. The van der Waals surface area contributed by atoms with E-state index in [1.54, 1.807) is 35.6 Å². The smallest absolute Gasteiger partial charge is 0.335 e. The van der Waals surface area contributed by atoms with Crippen LogP contribution in [-0.4, -0.2) is 16.1 Å². The van der Waals surface area contributed by atoms with Crippen LogP contribution in [0.3, 0.4) is 0 Å². The second-order valence-electron chi connectivity index (χ2n) is 4.12. The third-order valence-electron chi connectivity index (χ3n) is 2.58. The summed E-state index contributed by atoms with van der Waals surface area (Å²) in [5.74, 6) is -0.927. The summed E-state index contributed by atoms with van der Waals surface area (Å²) < 4.78 is 0. The summed E-state index contributed by atoms with van der Waals surface area (Å²) in [7, 11) is 0. The molecular formula is C13H14N2O2S. The number of thiazole rings is 1. The first-order valence-electron chi connectivity index (χ1n) is 5.55. The molecule has 4 nitrogen and oxygen atoms in total. The number of aromatic nitrogens is 1. The Balaban J connectivity index is 2.45. The van der Waals surface area contributed by atoms with Crippen LogP contribution in [0.2, 0.25) is 0 Å². The van der Waals surface area contributed by atoms with Gasteiger partial charge in [-0.05, 0) is 26.0 Å². The van der Waals surface area contributed by atoms with Crippen molar-refractivity contribution in [2.45, 2.75) is 19.9 Å². The second-order valence-corrected chi connectivity index (χ2v) is 5.35. The van der Waals surface area contributed by atoms with Gasteiger partial charge in [0.2, 0.25) is 0 Å². The Labute approximate surface area is 109 Å². The topological polar surface area (TPSA) is 76.2 Å². The van der Waals surface area contributed by atoms with Crippen molar-refractivity contribution in [3.05, 3.63) is 39.7 Å². The minimum atomic E-state index is -0.927. The van der Waals surface area contributed by atoms with Crippen molar-refractivity contribution >= 4 is 17.3 Å². The fourth-order valence-corrected chi connectivity index (χ4v) is 2.63. The number of aromatic carboxylic acids is 1. The molecule has 0 spiro atoms. The van der Waals surface area contributed by atoms with Crippen LogP contribution in [0.5, 0.6) is 0 Å². The molecule has 1 aromatic heterocycles. The van der Waals surface area contributed by atoms with Gasteiger partial charge in [0.1, 0.15) is 0 Å². The Hall–Kier alpha value is -1.72. The summed E-state index contributed by atoms with van der Waals surface area (Å²) in [5, 5.41) is 9.82. The zero-order valence-corrected chi connectivity index (χ0v) is 11.0. The van der Waals surface area contributed by atoms with Crippen molar-refractivity contribution in [3.8, 4) is 11.3 Å². The third-order valence-corrected chi connectivity index (χ3v) is 3.75. The first-order chi connectivity index (χ1) is 8.49. The van der Waals surface area contributed by atoms with E-state index in [0.717, 1.165) is 21.1 Å². The lowest BCUT2D eigenvalue weighted by atomic mass is 10.1. The molecule has 94 valence electrons. The van der Waals surface area contributed by atoms with Crippen molar-refractivity contribution in [1.29, 1.82) is 0 Å². The molecule has 0 radical (unpaired) electrons. The lowest BCUT2D eigenvalue weighted by Gasteiger charge is -2.05. The molecule has 1 aromatic carbocycles. The van der Waals surface area contributed by atoms with Gasteiger partial charge in [0.25, 0.3) is 0 Å². The van der Waals surface area contributed by atoms with E-state index in [4.69, 9.17) is 10.8 Å². The first-order valence-corrected chi connectivity index (χ1v) is 6.37. The molecule has 0 amide bonds. The fraction of sp³-hybridized carbons (Fsp3) is 0.231. The van der Waals surface area contributed by atoms with E-state index in [1.165, 1.54) is 0 Å². The van der Waals surface area contributed by atoms with Crippen LogP contribution in [-0.2, 0) is 0 Å². The van der Waals surface area contributed by atoms with Crippen LogP contribution in [0.1, 0.15) is 33.2 Å².